The summed E-state index contributed by atoms with van der Waals surface area (Å²) >= 11 is 0. The number of allylic oxidation sites excluding steroid dienone is 1. The molecule has 0 aliphatic carbocycles. The van der Waals surface area contributed by atoms with E-state index in [0.717, 1.165) is 59.8 Å². The number of rotatable bonds is 2. The van der Waals surface area contributed by atoms with E-state index in [9.17, 15) is 5.26 Å². The normalized spacial score (nSPS) is 15.6. The third-order valence-electron chi connectivity index (χ3n) is 4.71. The van der Waals surface area contributed by atoms with Crippen molar-refractivity contribution in [2.45, 2.75) is 6.92 Å². The Morgan fingerprint density at radius 3 is 2.68 bits per heavy atom. The number of likely N-dealkylation sites (N-methyl/N-ethyl adjacent to an activating group) is 1. The number of aromatic nitrogens is 4. The SMILES string of the molecule is C=C(C)c1cc(C#N)cc2c1nc(N1CCN(C)CC1)c1nncn12. The molecule has 0 saturated carbocycles. The van der Waals surface area contributed by atoms with Crippen molar-refractivity contribution in [2.24, 2.45) is 0 Å². The number of piperazine rings is 1. The molecule has 0 amide bonds. The van der Waals surface area contributed by atoms with E-state index < -0.39 is 0 Å². The Bertz CT molecular complexity index is 1020. The number of nitrogens with zero attached hydrogens (tertiary/aromatic N) is 7. The van der Waals surface area contributed by atoms with Crippen LogP contribution in [0.25, 0.3) is 22.3 Å². The lowest BCUT2D eigenvalue weighted by Crippen LogP contribution is -2.45. The van der Waals surface area contributed by atoms with Crippen LogP contribution >= 0.6 is 0 Å². The van der Waals surface area contributed by atoms with Gasteiger partial charge in [-0.1, -0.05) is 6.58 Å². The zero-order chi connectivity index (χ0) is 17.6. The van der Waals surface area contributed by atoms with E-state index in [2.05, 4.69) is 39.7 Å². The molecule has 2 aromatic heterocycles. The molecule has 0 unspecified atom stereocenters. The van der Waals surface area contributed by atoms with Crippen LogP contribution in [0.5, 0.6) is 0 Å². The average molecular weight is 333 g/mol. The fourth-order valence-corrected chi connectivity index (χ4v) is 3.26. The van der Waals surface area contributed by atoms with Crippen molar-refractivity contribution in [3.05, 3.63) is 36.2 Å². The van der Waals surface area contributed by atoms with Crippen LogP contribution in [0.4, 0.5) is 5.82 Å². The lowest BCUT2D eigenvalue weighted by molar-refractivity contribution is 0.312. The van der Waals surface area contributed by atoms with Gasteiger partial charge in [0.15, 0.2) is 5.82 Å². The highest BCUT2D eigenvalue weighted by molar-refractivity contribution is 5.92. The van der Waals surface area contributed by atoms with Crippen molar-refractivity contribution in [1.82, 2.24) is 24.5 Å². The fraction of sp³-hybridized carbons (Fsp3) is 0.333. The molecule has 7 heteroatoms. The van der Waals surface area contributed by atoms with Crippen molar-refractivity contribution in [1.29, 1.82) is 5.26 Å². The summed E-state index contributed by atoms with van der Waals surface area (Å²) in [6, 6.07) is 5.90. The van der Waals surface area contributed by atoms with Gasteiger partial charge in [-0.25, -0.2) is 4.98 Å². The van der Waals surface area contributed by atoms with Gasteiger partial charge in [0.1, 0.15) is 6.33 Å². The molecule has 25 heavy (non-hydrogen) atoms. The molecular formula is C18H19N7. The average Bonchev–Trinajstić information content (AvgIpc) is 3.10. The minimum Gasteiger partial charge on any atom is -0.351 e. The highest BCUT2D eigenvalue weighted by Crippen LogP contribution is 2.29. The third kappa shape index (κ3) is 2.51. The summed E-state index contributed by atoms with van der Waals surface area (Å²) in [7, 11) is 2.13. The van der Waals surface area contributed by atoms with Gasteiger partial charge < -0.3 is 9.80 Å². The second-order valence-electron chi connectivity index (χ2n) is 6.53. The molecule has 0 bridgehead atoms. The van der Waals surface area contributed by atoms with Crippen molar-refractivity contribution < 1.29 is 0 Å². The van der Waals surface area contributed by atoms with E-state index in [4.69, 9.17) is 4.98 Å². The minimum atomic E-state index is 0.578. The fourth-order valence-electron chi connectivity index (χ4n) is 3.26. The third-order valence-corrected chi connectivity index (χ3v) is 4.71. The quantitative estimate of drug-likeness (QED) is 0.713. The molecule has 4 rings (SSSR count). The molecule has 0 atom stereocenters. The van der Waals surface area contributed by atoms with E-state index >= 15 is 0 Å². The summed E-state index contributed by atoms with van der Waals surface area (Å²) in [4.78, 5) is 9.49. The van der Waals surface area contributed by atoms with E-state index in [-0.39, 0.29) is 0 Å². The van der Waals surface area contributed by atoms with Crippen LogP contribution in [-0.4, -0.2) is 57.7 Å². The highest BCUT2D eigenvalue weighted by Gasteiger charge is 2.21. The van der Waals surface area contributed by atoms with Gasteiger partial charge in [0.05, 0.1) is 22.7 Å². The molecule has 1 aromatic carbocycles. The molecule has 3 heterocycles. The first-order valence-corrected chi connectivity index (χ1v) is 8.25. The first-order valence-electron chi connectivity index (χ1n) is 8.25. The second-order valence-corrected chi connectivity index (χ2v) is 6.53. The standard InChI is InChI=1S/C18H19N7/c1-12(2)14-8-13(10-19)9-15-16(14)21-17(18-22-20-11-25(15)18)24-6-4-23(3)5-7-24/h8-9,11H,1,4-7H2,2-3H3. The van der Waals surface area contributed by atoms with Crippen molar-refractivity contribution in [3.63, 3.8) is 0 Å². The molecule has 1 fully saturated rings. The molecular weight excluding hydrogens is 314 g/mol. The summed E-state index contributed by atoms with van der Waals surface area (Å²) in [5, 5.41) is 17.7. The number of hydrogen-bond donors (Lipinski definition) is 0. The van der Waals surface area contributed by atoms with Crippen LogP contribution in [-0.2, 0) is 0 Å². The smallest absolute Gasteiger partial charge is 0.204 e. The van der Waals surface area contributed by atoms with Gasteiger partial charge in [0, 0.05) is 31.7 Å². The topological polar surface area (TPSA) is 73.3 Å². The Labute approximate surface area is 145 Å². The molecule has 126 valence electrons. The lowest BCUT2D eigenvalue weighted by atomic mass is 10.0. The molecule has 0 N–H and O–H groups in total. The van der Waals surface area contributed by atoms with Crippen LogP contribution in [0, 0.1) is 11.3 Å². The summed E-state index contributed by atoms with van der Waals surface area (Å²) in [6.07, 6.45) is 1.68. The van der Waals surface area contributed by atoms with E-state index in [1.54, 1.807) is 6.33 Å². The van der Waals surface area contributed by atoms with Gasteiger partial charge in [0.25, 0.3) is 0 Å². The summed E-state index contributed by atoms with van der Waals surface area (Å²) < 4.78 is 1.92. The molecule has 0 radical (unpaired) electrons. The maximum Gasteiger partial charge on any atom is 0.204 e. The maximum atomic E-state index is 9.36. The van der Waals surface area contributed by atoms with Gasteiger partial charge in [-0.05, 0) is 31.7 Å². The maximum absolute atomic E-state index is 9.36. The first kappa shape index (κ1) is 15.5. The predicted octanol–water partition coefficient (Wildman–Crippen LogP) is 1.93. The lowest BCUT2D eigenvalue weighted by Gasteiger charge is -2.33. The summed E-state index contributed by atoms with van der Waals surface area (Å²) in [5.41, 5.74) is 4.73. The number of anilines is 1. The Morgan fingerprint density at radius 1 is 1.24 bits per heavy atom. The van der Waals surface area contributed by atoms with Gasteiger partial charge >= 0.3 is 0 Å². The van der Waals surface area contributed by atoms with Gasteiger partial charge in [-0.15, -0.1) is 10.2 Å². The van der Waals surface area contributed by atoms with E-state index in [0.29, 0.717) is 5.56 Å². The molecule has 1 aliphatic rings. The molecule has 1 saturated heterocycles. The Morgan fingerprint density at radius 2 is 2.00 bits per heavy atom. The molecule has 0 spiro atoms. The van der Waals surface area contributed by atoms with Crippen molar-refractivity contribution in [2.75, 3.05) is 38.1 Å². The first-order chi connectivity index (χ1) is 12.1. The van der Waals surface area contributed by atoms with Gasteiger partial charge in [0.2, 0.25) is 5.65 Å². The van der Waals surface area contributed by atoms with Crippen molar-refractivity contribution in [3.8, 4) is 6.07 Å². The number of nitriles is 1. The second kappa shape index (κ2) is 5.83. The van der Waals surface area contributed by atoms with Crippen LogP contribution in [0.2, 0.25) is 0 Å². The van der Waals surface area contributed by atoms with Crippen LogP contribution in [0.3, 0.4) is 0 Å². The van der Waals surface area contributed by atoms with Crippen LogP contribution in [0.1, 0.15) is 18.1 Å². The Kier molecular flexibility index (Phi) is 3.62. The predicted molar refractivity (Wildman–Crippen MR) is 97.4 cm³/mol. The minimum absolute atomic E-state index is 0.578. The summed E-state index contributed by atoms with van der Waals surface area (Å²) in [6.45, 7) is 9.77. The Balaban J connectivity index is 2.01. The molecule has 3 aromatic rings. The number of benzene rings is 1. The number of hydrogen-bond acceptors (Lipinski definition) is 6. The van der Waals surface area contributed by atoms with Gasteiger partial charge in [-0.3, -0.25) is 4.40 Å². The van der Waals surface area contributed by atoms with E-state index in [1.165, 1.54) is 0 Å². The molecule has 7 nitrogen and oxygen atoms in total. The zero-order valence-electron chi connectivity index (χ0n) is 14.4. The van der Waals surface area contributed by atoms with Gasteiger partial charge in [-0.2, -0.15) is 5.26 Å². The summed E-state index contributed by atoms with van der Waals surface area (Å²) in [5.74, 6) is 0.838. The Hall–Kier alpha value is -2.98. The monoisotopic (exact) mass is 333 g/mol. The molecule has 1 aliphatic heterocycles. The van der Waals surface area contributed by atoms with Crippen molar-refractivity contribution >= 4 is 28.1 Å². The highest BCUT2D eigenvalue weighted by atomic mass is 15.3. The zero-order valence-corrected chi connectivity index (χ0v) is 14.4. The van der Waals surface area contributed by atoms with Crippen LogP contribution < -0.4 is 4.90 Å². The largest absolute Gasteiger partial charge is 0.351 e. The van der Waals surface area contributed by atoms with E-state index in [1.807, 2.05) is 23.5 Å². The van der Waals surface area contributed by atoms with Crippen LogP contribution in [0.15, 0.2) is 25.0 Å². The number of fused-ring (bicyclic) bond motifs is 3.